The Balaban J connectivity index is 1.72. The van der Waals surface area contributed by atoms with E-state index in [0.717, 1.165) is 17.5 Å². The summed E-state index contributed by atoms with van der Waals surface area (Å²) in [5, 5.41) is 0. The molecule has 2 aromatic carbocycles. The van der Waals surface area contributed by atoms with Crippen LogP contribution in [0.3, 0.4) is 0 Å². The Bertz CT molecular complexity index is 847. The molecule has 0 aliphatic heterocycles. The second kappa shape index (κ2) is 6.62. The SMILES string of the molecule is CC(C)(C)c1ccc(-c2cccc3c2C(=O)C(C)(C2CCCCC2)C3)cc1. The van der Waals surface area contributed by atoms with Crippen molar-refractivity contribution in [2.24, 2.45) is 11.3 Å². The smallest absolute Gasteiger partial charge is 0.170 e. The van der Waals surface area contributed by atoms with Crippen LogP contribution in [0.25, 0.3) is 11.1 Å². The second-order valence-electron chi connectivity index (χ2n) is 9.93. The molecule has 0 heterocycles. The van der Waals surface area contributed by atoms with E-state index < -0.39 is 0 Å². The van der Waals surface area contributed by atoms with Crippen LogP contribution >= 0.6 is 0 Å². The van der Waals surface area contributed by atoms with Gasteiger partial charge in [0.1, 0.15) is 0 Å². The first kappa shape index (κ1) is 18.5. The van der Waals surface area contributed by atoms with Crippen molar-refractivity contribution in [1.29, 1.82) is 0 Å². The van der Waals surface area contributed by atoms with Crippen molar-refractivity contribution in [2.45, 2.75) is 71.6 Å². The van der Waals surface area contributed by atoms with Gasteiger partial charge in [-0.3, -0.25) is 4.79 Å². The number of rotatable bonds is 2. The minimum absolute atomic E-state index is 0.145. The van der Waals surface area contributed by atoms with E-state index in [0.29, 0.717) is 11.7 Å². The summed E-state index contributed by atoms with van der Waals surface area (Å²) in [7, 11) is 0. The van der Waals surface area contributed by atoms with Gasteiger partial charge >= 0.3 is 0 Å². The van der Waals surface area contributed by atoms with Gasteiger partial charge in [-0.05, 0) is 52.8 Å². The predicted octanol–water partition coefficient (Wildman–Crippen LogP) is 6.98. The lowest BCUT2D eigenvalue weighted by Gasteiger charge is -2.35. The van der Waals surface area contributed by atoms with Gasteiger partial charge in [0.05, 0.1) is 0 Å². The van der Waals surface area contributed by atoms with Crippen LogP contribution in [0.2, 0.25) is 0 Å². The number of carbonyl (C=O) groups excluding carboxylic acids is 1. The molecule has 4 rings (SSSR count). The minimum Gasteiger partial charge on any atom is -0.294 e. The Hall–Kier alpha value is -1.89. The first-order valence-corrected chi connectivity index (χ1v) is 10.6. The highest BCUT2D eigenvalue weighted by Gasteiger charge is 2.47. The van der Waals surface area contributed by atoms with Gasteiger partial charge in [-0.2, -0.15) is 0 Å². The van der Waals surface area contributed by atoms with Crippen LogP contribution in [0.15, 0.2) is 42.5 Å². The maximum atomic E-state index is 13.6. The van der Waals surface area contributed by atoms with Crippen LogP contribution in [0.5, 0.6) is 0 Å². The molecule has 0 amide bonds. The average Bonchev–Trinajstić information content (AvgIpc) is 2.94. The molecule has 1 saturated carbocycles. The molecule has 142 valence electrons. The molecule has 1 unspecified atom stereocenters. The van der Waals surface area contributed by atoms with Crippen molar-refractivity contribution < 1.29 is 4.79 Å². The number of ketones is 1. The summed E-state index contributed by atoms with van der Waals surface area (Å²) in [6.45, 7) is 8.95. The van der Waals surface area contributed by atoms with Gasteiger partial charge in [0.2, 0.25) is 0 Å². The molecule has 1 nitrogen and oxygen atoms in total. The van der Waals surface area contributed by atoms with E-state index in [2.05, 4.69) is 70.2 Å². The van der Waals surface area contributed by atoms with Gasteiger partial charge in [0.15, 0.2) is 5.78 Å². The highest BCUT2D eigenvalue weighted by molar-refractivity contribution is 6.09. The Labute approximate surface area is 164 Å². The number of hydrogen-bond acceptors (Lipinski definition) is 1. The summed E-state index contributed by atoms with van der Waals surface area (Å²) in [4.78, 5) is 13.6. The molecule has 27 heavy (non-hydrogen) atoms. The fraction of sp³-hybridized carbons (Fsp3) is 0.500. The summed E-state index contributed by atoms with van der Waals surface area (Å²) in [5.41, 5.74) is 5.81. The van der Waals surface area contributed by atoms with Crippen molar-refractivity contribution in [2.75, 3.05) is 0 Å². The van der Waals surface area contributed by atoms with Gasteiger partial charge in [0.25, 0.3) is 0 Å². The van der Waals surface area contributed by atoms with Crippen LogP contribution < -0.4 is 0 Å². The summed E-state index contributed by atoms with van der Waals surface area (Å²) in [6, 6.07) is 15.3. The zero-order valence-electron chi connectivity index (χ0n) is 17.3. The molecule has 0 radical (unpaired) electrons. The zero-order chi connectivity index (χ0) is 19.2. The molecule has 0 N–H and O–H groups in total. The summed E-state index contributed by atoms with van der Waals surface area (Å²) >= 11 is 0. The molecule has 1 heteroatoms. The van der Waals surface area contributed by atoms with Crippen LogP contribution in [0.4, 0.5) is 0 Å². The Kier molecular flexibility index (Phi) is 4.53. The largest absolute Gasteiger partial charge is 0.294 e. The third-order valence-corrected chi connectivity index (χ3v) is 7.02. The van der Waals surface area contributed by atoms with E-state index in [9.17, 15) is 4.79 Å². The molecule has 0 saturated heterocycles. The molecule has 2 aliphatic rings. The predicted molar refractivity (Wildman–Crippen MR) is 113 cm³/mol. The van der Waals surface area contributed by atoms with Crippen LogP contribution in [-0.4, -0.2) is 5.78 Å². The number of carbonyl (C=O) groups is 1. The van der Waals surface area contributed by atoms with Gasteiger partial charge in [0, 0.05) is 11.0 Å². The van der Waals surface area contributed by atoms with E-state index in [1.165, 1.54) is 48.8 Å². The summed E-state index contributed by atoms with van der Waals surface area (Å²) < 4.78 is 0. The van der Waals surface area contributed by atoms with E-state index in [1.807, 2.05) is 0 Å². The highest BCUT2D eigenvalue weighted by Crippen LogP contribution is 2.49. The standard InChI is InChI=1S/C26H32O/c1-25(2,3)20-15-13-18(14-16-20)22-12-8-9-19-17-26(4,24(27)23(19)22)21-10-6-5-7-11-21/h8-9,12-16,21H,5-7,10-11,17H2,1-4H3. The number of Topliss-reactive ketones (excluding diaryl/α,β-unsaturated/α-hetero) is 1. The molecule has 0 aromatic heterocycles. The fourth-order valence-electron chi connectivity index (χ4n) is 5.24. The van der Waals surface area contributed by atoms with Gasteiger partial charge in [-0.25, -0.2) is 0 Å². The molecular weight excluding hydrogens is 328 g/mol. The molecule has 0 spiro atoms. The lowest BCUT2D eigenvalue weighted by Crippen LogP contribution is -2.35. The Morgan fingerprint density at radius 3 is 2.22 bits per heavy atom. The molecular formula is C26H32O. The van der Waals surface area contributed by atoms with E-state index >= 15 is 0 Å². The van der Waals surface area contributed by atoms with E-state index in [-0.39, 0.29) is 10.8 Å². The monoisotopic (exact) mass is 360 g/mol. The molecule has 2 aromatic rings. The molecule has 0 bridgehead atoms. The maximum Gasteiger partial charge on any atom is 0.170 e. The van der Waals surface area contributed by atoms with Crippen LogP contribution in [-0.2, 0) is 11.8 Å². The lowest BCUT2D eigenvalue weighted by atomic mass is 9.67. The Morgan fingerprint density at radius 2 is 1.59 bits per heavy atom. The summed E-state index contributed by atoms with van der Waals surface area (Å²) in [5.74, 6) is 0.933. The Morgan fingerprint density at radius 1 is 0.926 bits per heavy atom. The summed E-state index contributed by atoms with van der Waals surface area (Å²) in [6.07, 6.45) is 7.24. The minimum atomic E-state index is -0.204. The van der Waals surface area contributed by atoms with Crippen molar-refractivity contribution in [3.8, 4) is 11.1 Å². The van der Waals surface area contributed by atoms with Crippen molar-refractivity contribution in [3.63, 3.8) is 0 Å². The first-order chi connectivity index (χ1) is 12.8. The topological polar surface area (TPSA) is 17.1 Å². The quantitative estimate of drug-likeness (QED) is 0.565. The zero-order valence-corrected chi connectivity index (χ0v) is 17.3. The van der Waals surface area contributed by atoms with E-state index in [1.54, 1.807) is 0 Å². The molecule has 2 aliphatic carbocycles. The van der Waals surface area contributed by atoms with Crippen molar-refractivity contribution >= 4 is 5.78 Å². The van der Waals surface area contributed by atoms with Gasteiger partial charge in [-0.1, -0.05) is 89.4 Å². The number of fused-ring (bicyclic) bond motifs is 1. The van der Waals surface area contributed by atoms with E-state index in [4.69, 9.17) is 0 Å². The maximum absolute atomic E-state index is 13.6. The average molecular weight is 361 g/mol. The number of benzene rings is 2. The first-order valence-electron chi connectivity index (χ1n) is 10.6. The van der Waals surface area contributed by atoms with Crippen molar-refractivity contribution in [1.82, 2.24) is 0 Å². The highest BCUT2D eigenvalue weighted by atomic mass is 16.1. The fourth-order valence-corrected chi connectivity index (χ4v) is 5.24. The second-order valence-corrected chi connectivity index (χ2v) is 9.93. The normalized spacial score (nSPS) is 23.5. The molecule has 1 atom stereocenters. The van der Waals surface area contributed by atoms with Gasteiger partial charge < -0.3 is 0 Å². The lowest BCUT2D eigenvalue weighted by molar-refractivity contribution is 0.0684. The van der Waals surface area contributed by atoms with Gasteiger partial charge in [-0.15, -0.1) is 0 Å². The number of hydrogen-bond donors (Lipinski definition) is 0. The third-order valence-electron chi connectivity index (χ3n) is 7.02. The van der Waals surface area contributed by atoms with Crippen LogP contribution in [0, 0.1) is 11.3 Å². The van der Waals surface area contributed by atoms with Crippen molar-refractivity contribution in [3.05, 3.63) is 59.2 Å². The molecule has 1 fully saturated rings. The third kappa shape index (κ3) is 3.16. The van der Waals surface area contributed by atoms with Crippen LogP contribution in [0.1, 0.15) is 81.3 Å².